The largest absolute Gasteiger partial charge is 0.475 e. The average molecular weight is 332 g/mol. The van der Waals surface area contributed by atoms with Crippen molar-refractivity contribution in [3.63, 3.8) is 0 Å². The number of nitrogens with zero attached hydrogens (tertiary/aromatic N) is 1. The maximum atomic E-state index is 12.3. The Bertz CT molecular complexity index is 585. The standard InChI is InChI=1S/C19H28N2O3/c1-19(2,3)12-20-17(22)16-9-8-15(13-6-7-13)18(21-16)24-11-14-5-4-10-23-14/h8-9,13-14H,4-7,10-12H2,1-3H3,(H,20,22). The van der Waals surface area contributed by atoms with Crippen LogP contribution in [0, 0.1) is 5.41 Å². The van der Waals surface area contributed by atoms with Crippen molar-refractivity contribution in [3.05, 3.63) is 23.4 Å². The predicted molar refractivity (Wildman–Crippen MR) is 92.5 cm³/mol. The summed E-state index contributed by atoms with van der Waals surface area (Å²) in [5.41, 5.74) is 1.59. The van der Waals surface area contributed by atoms with Gasteiger partial charge in [0.1, 0.15) is 12.3 Å². The van der Waals surface area contributed by atoms with E-state index in [-0.39, 0.29) is 17.4 Å². The van der Waals surface area contributed by atoms with Crippen LogP contribution in [0.25, 0.3) is 0 Å². The number of pyridine rings is 1. The van der Waals surface area contributed by atoms with Crippen molar-refractivity contribution >= 4 is 5.91 Å². The highest BCUT2D eigenvalue weighted by molar-refractivity contribution is 5.92. The van der Waals surface area contributed by atoms with E-state index in [1.54, 1.807) is 0 Å². The van der Waals surface area contributed by atoms with Crippen LogP contribution in [-0.2, 0) is 4.74 Å². The van der Waals surface area contributed by atoms with Crippen molar-refractivity contribution in [2.75, 3.05) is 19.8 Å². The van der Waals surface area contributed by atoms with Gasteiger partial charge in [0, 0.05) is 18.7 Å². The van der Waals surface area contributed by atoms with Gasteiger partial charge in [0.25, 0.3) is 5.91 Å². The lowest BCUT2D eigenvalue weighted by Gasteiger charge is -2.19. The van der Waals surface area contributed by atoms with Crippen LogP contribution in [0.4, 0.5) is 0 Å². The molecule has 1 aliphatic carbocycles. The Balaban J connectivity index is 1.68. The van der Waals surface area contributed by atoms with Crippen molar-refractivity contribution < 1.29 is 14.3 Å². The van der Waals surface area contributed by atoms with Crippen LogP contribution in [0.3, 0.4) is 0 Å². The Morgan fingerprint density at radius 3 is 2.75 bits per heavy atom. The minimum Gasteiger partial charge on any atom is -0.475 e. The molecule has 3 rings (SSSR count). The zero-order valence-corrected chi connectivity index (χ0v) is 14.9. The zero-order valence-electron chi connectivity index (χ0n) is 14.9. The first kappa shape index (κ1) is 17.2. The summed E-state index contributed by atoms with van der Waals surface area (Å²) in [7, 11) is 0. The fraction of sp³-hybridized carbons (Fsp3) is 0.684. The van der Waals surface area contributed by atoms with Crippen LogP contribution in [0.2, 0.25) is 0 Å². The molecule has 1 N–H and O–H groups in total. The maximum Gasteiger partial charge on any atom is 0.270 e. The Hall–Kier alpha value is -1.62. The van der Waals surface area contributed by atoms with Gasteiger partial charge in [0.05, 0.1) is 6.10 Å². The number of rotatable bonds is 6. The smallest absolute Gasteiger partial charge is 0.270 e. The van der Waals surface area contributed by atoms with Crippen molar-refractivity contribution in [2.24, 2.45) is 5.41 Å². The van der Waals surface area contributed by atoms with E-state index in [9.17, 15) is 4.79 Å². The molecule has 2 aliphatic rings. The van der Waals surface area contributed by atoms with Crippen LogP contribution in [0.1, 0.15) is 68.4 Å². The lowest BCUT2D eigenvalue weighted by molar-refractivity contribution is 0.0658. The molecule has 5 heteroatoms. The Morgan fingerprint density at radius 2 is 2.12 bits per heavy atom. The van der Waals surface area contributed by atoms with Crippen molar-refractivity contribution in [1.29, 1.82) is 0 Å². The summed E-state index contributed by atoms with van der Waals surface area (Å²) in [6, 6.07) is 3.81. The van der Waals surface area contributed by atoms with Crippen molar-refractivity contribution in [3.8, 4) is 5.88 Å². The number of nitrogens with one attached hydrogen (secondary N) is 1. The minimum atomic E-state index is -0.144. The first-order valence-corrected chi connectivity index (χ1v) is 8.96. The lowest BCUT2D eigenvalue weighted by atomic mass is 9.97. The molecule has 24 heavy (non-hydrogen) atoms. The first-order chi connectivity index (χ1) is 11.4. The molecule has 0 spiro atoms. The van der Waals surface area contributed by atoms with Gasteiger partial charge in [-0.1, -0.05) is 26.8 Å². The number of carbonyl (C=O) groups excluding carboxylic acids is 1. The molecule has 132 valence electrons. The molecule has 1 saturated heterocycles. The molecule has 0 radical (unpaired) electrons. The van der Waals surface area contributed by atoms with E-state index in [1.165, 1.54) is 12.8 Å². The number of hydrogen-bond donors (Lipinski definition) is 1. The monoisotopic (exact) mass is 332 g/mol. The van der Waals surface area contributed by atoms with E-state index in [2.05, 4.69) is 31.1 Å². The third-order valence-corrected chi connectivity index (χ3v) is 4.35. The van der Waals surface area contributed by atoms with Gasteiger partial charge >= 0.3 is 0 Å². The summed E-state index contributed by atoms with van der Waals surface area (Å²) in [4.78, 5) is 16.9. The summed E-state index contributed by atoms with van der Waals surface area (Å²) in [6.45, 7) is 8.21. The molecule has 5 nitrogen and oxygen atoms in total. The van der Waals surface area contributed by atoms with Gasteiger partial charge < -0.3 is 14.8 Å². The highest BCUT2D eigenvalue weighted by Crippen LogP contribution is 2.43. The van der Waals surface area contributed by atoms with Crippen LogP contribution in [0.5, 0.6) is 5.88 Å². The molecule has 1 saturated carbocycles. The fourth-order valence-electron chi connectivity index (χ4n) is 2.78. The average Bonchev–Trinajstić information content (AvgIpc) is 3.25. The zero-order chi connectivity index (χ0) is 17.2. The van der Waals surface area contributed by atoms with Crippen LogP contribution >= 0.6 is 0 Å². The molecule has 1 aromatic heterocycles. The molecule has 1 unspecified atom stereocenters. The molecule has 1 amide bonds. The molecular weight excluding hydrogens is 304 g/mol. The Morgan fingerprint density at radius 1 is 1.33 bits per heavy atom. The summed E-state index contributed by atoms with van der Waals surface area (Å²) in [5.74, 6) is 0.995. The van der Waals surface area contributed by atoms with E-state index in [4.69, 9.17) is 9.47 Å². The summed E-state index contributed by atoms with van der Waals surface area (Å²) in [6.07, 6.45) is 4.62. The predicted octanol–water partition coefficient (Wildman–Crippen LogP) is 3.29. The van der Waals surface area contributed by atoms with Gasteiger partial charge in [-0.25, -0.2) is 4.98 Å². The molecule has 0 bridgehead atoms. The van der Waals surface area contributed by atoms with Crippen molar-refractivity contribution in [1.82, 2.24) is 10.3 Å². The number of ether oxygens (including phenoxy) is 2. The van der Waals surface area contributed by atoms with E-state index in [0.29, 0.717) is 30.6 Å². The maximum absolute atomic E-state index is 12.3. The van der Waals surface area contributed by atoms with Crippen LogP contribution in [0.15, 0.2) is 12.1 Å². The van der Waals surface area contributed by atoms with Gasteiger partial charge in [-0.2, -0.15) is 0 Å². The molecule has 1 aliphatic heterocycles. The number of hydrogen-bond acceptors (Lipinski definition) is 4. The second kappa shape index (κ2) is 7.09. The molecule has 0 aromatic carbocycles. The SMILES string of the molecule is CC(C)(C)CNC(=O)c1ccc(C2CC2)c(OCC2CCCO2)n1. The van der Waals surface area contributed by atoms with E-state index in [0.717, 1.165) is 25.0 Å². The number of aromatic nitrogens is 1. The highest BCUT2D eigenvalue weighted by Gasteiger charge is 2.29. The third kappa shape index (κ3) is 4.69. The van der Waals surface area contributed by atoms with Crippen LogP contribution < -0.4 is 10.1 Å². The molecule has 2 fully saturated rings. The second-order valence-electron chi connectivity index (χ2n) is 8.05. The van der Waals surface area contributed by atoms with Gasteiger partial charge in [-0.3, -0.25) is 4.79 Å². The van der Waals surface area contributed by atoms with Gasteiger partial charge in [0.15, 0.2) is 0 Å². The third-order valence-electron chi connectivity index (χ3n) is 4.35. The summed E-state index contributed by atoms with van der Waals surface area (Å²) < 4.78 is 11.6. The lowest BCUT2D eigenvalue weighted by Crippen LogP contribution is -2.32. The normalized spacial score (nSPS) is 20.9. The van der Waals surface area contributed by atoms with E-state index >= 15 is 0 Å². The summed E-state index contributed by atoms with van der Waals surface area (Å²) in [5, 5.41) is 2.95. The van der Waals surface area contributed by atoms with Crippen LogP contribution in [-0.4, -0.2) is 36.8 Å². The fourth-order valence-corrected chi connectivity index (χ4v) is 2.78. The number of carbonyl (C=O) groups is 1. The van der Waals surface area contributed by atoms with Gasteiger partial charge in [-0.15, -0.1) is 0 Å². The van der Waals surface area contributed by atoms with E-state index < -0.39 is 0 Å². The van der Waals surface area contributed by atoms with Crippen molar-refractivity contribution in [2.45, 2.75) is 58.5 Å². The molecule has 2 heterocycles. The Labute approximate surface area is 144 Å². The van der Waals surface area contributed by atoms with E-state index in [1.807, 2.05) is 12.1 Å². The quantitative estimate of drug-likeness (QED) is 0.868. The molecular formula is C19H28N2O3. The van der Waals surface area contributed by atoms with Gasteiger partial charge in [0.2, 0.25) is 5.88 Å². The number of amides is 1. The first-order valence-electron chi connectivity index (χ1n) is 8.96. The van der Waals surface area contributed by atoms with Gasteiger partial charge in [-0.05, 0) is 43.1 Å². The Kier molecular flexibility index (Phi) is 5.09. The second-order valence-corrected chi connectivity index (χ2v) is 8.05. The molecule has 1 aromatic rings. The highest BCUT2D eigenvalue weighted by atomic mass is 16.5. The minimum absolute atomic E-state index is 0.0444. The topological polar surface area (TPSA) is 60.5 Å². The molecule has 1 atom stereocenters. The summed E-state index contributed by atoms with van der Waals surface area (Å²) >= 11 is 0.